The number of esters is 2. The van der Waals surface area contributed by atoms with Crippen LogP contribution in [-0.4, -0.2) is 24.2 Å². The van der Waals surface area contributed by atoms with Crippen LogP contribution in [0, 0.1) is 0 Å². The number of benzene rings is 2. The number of halogens is 1. The SMILES string of the molecule is COC(=O)c1ccc(COC(=O)c2cc(Cl)ccc2O)cc1. The van der Waals surface area contributed by atoms with Crippen LogP contribution in [0.4, 0.5) is 0 Å². The van der Waals surface area contributed by atoms with Crippen LogP contribution in [-0.2, 0) is 16.1 Å². The lowest BCUT2D eigenvalue weighted by Gasteiger charge is -2.07. The number of phenolic OH excluding ortho intramolecular Hbond substituents is 1. The predicted molar refractivity (Wildman–Crippen MR) is 80.0 cm³/mol. The molecule has 22 heavy (non-hydrogen) atoms. The Bertz CT molecular complexity index is 694. The Morgan fingerprint density at radius 3 is 2.41 bits per heavy atom. The number of hydrogen-bond donors (Lipinski definition) is 1. The molecule has 5 nitrogen and oxygen atoms in total. The van der Waals surface area contributed by atoms with Crippen LogP contribution >= 0.6 is 11.6 Å². The lowest BCUT2D eigenvalue weighted by atomic mass is 10.1. The fraction of sp³-hybridized carbons (Fsp3) is 0.125. The van der Waals surface area contributed by atoms with Gasteiger partial charge in [-0.3, -0.25) is 0 Å². The normalized spacial score (nSPS) is 10.1. The smallest absolute Gasteiger partial charge is 0.342 e. The Kier molecular flexibility index (Phi) is 5.01. The average Bonchev–Trinajstić information content (AvgIpc) is 2.54. The van der Waals surface area contributed by atoms with Crippen molar-refractivity contribution < 1.29 is 24.2 Å². The first-order valence-corrected chi connectivity index (χ1v) is 6.72. The number of ether oxygens (including phenoxy) is 2. The van der Waals surface area contributed by atoms with Gasteiger partial charge in [-0.1, -0.05) is 23.7 Å². The number of aromatic hydroxyl groups is 1. The van der Waals surface area contributed by atoms with Crippen LogP contribution in [0.25, 0.3) is 0 Å². The molecule has 0 bridgehead atoms. The molecule has 0 amide bonds. The van der Waals surface area contributed by atoms with Crippen LogP contribution in [0.3, 0.4) is 0 Å². The first-order chi connectivity index (χ1) is 10.5. The molecule has 0 fully saturated rings. The molecule has 0 aliphatic heterocycles. The number of carbonyl (C=O) groups is 2. The molecule has 1 N–H and O–H groups in total. The minimum absolute atomic E-state index is 0.00122. The van der Waals surface area contributed by atoms with Gasteiger partial charge >= 0.3 is 11.9 Å². The summed E-state index contributed by atoms with van der Waals surface area (Å²) in [5.41, 5.74) is 1.10. The van der Waals surface area contributed by atoms with Gasteiger partial charge in [0.15, 0.2) is 0 Å². The van der Waals surface area contributed by atoms with E-state index in [0.29, 0.717) is 16.1 Å². The molecule has 2 aromatic rings. The van der Waals surface area contributed by atoms with Gasteiger partial charge in [0.05, 0.1) is 12.7 Å². The van der Waals surface area contributed by atoms with Crippen molar-refractivity contribution in [3.05, 3.63) is 64.2 Å². The van der Waals surface area contributed by atoms with Crippen molar-refractivity contribution in [2.45, 2.75) is 6.61 Å². The van der Waals surface area contributed by atoms with Gasteiger partial charge in [-0.2, -0.15) is 0 Å². The molecule has 2 rings (SSSR count). The van der Waals surface area contributed by atoms with E-state index in [1.807, 2.05) is 0 Å². The van der Waals surface area contributed by atoms with Gasteiger partial charge in [0.25, 0.3) is 0 Å². The Morgan fingerprint density at radius 2 is 1.77 bits per heavy atom. The van der Waals surface area contributed by atoms with Crippen molar-refractivity contribution in [1.82, 2.24) is 0 Å². The van der Waals surface area contributed by atoms with Gasteiger partial charge in [0, 0.05) is 5.02 Å². The van der Waals surface area contributed by atoms with Crippen molar-refractivity contribution in [3.63, 3.8) is 0 Å². The lowest BCUT2D eigenvalue weighted by molar-refractivity contribution is 0.0468. The third-order valence-corrected chi connectivity index (χ3v) is 3.16. The van der Waals surface area contributed by atoms with Crippen LogP contribution in [0.15, 0.2) is 42.5 Å². The van der Waals surface area contributed by atoms with Crippen molar-refractivity contribution >= 4 is 23.5 Å². The number of phenols is 1. The van der Waals surface area contributed by atoms with Gasteiger partial charge in [-0.15, -0.1) is 0 Å². The molecule has 0 unspecified atom stereocenters. The summed E-state index contributed by atoms with van der Waals surface area (Å²) in [7, 11) is 1.30. The van der Waals surface area contributed by atoms with Gasteiger partial charge in [-0.25, -0.2) is 9.59 Å². The van der Waals surface area contributed by atoms with Crippen molar-refractivity contribution in [1.29, 1.82) is 0 Å². The summed E-state index contributed by atoms with van der Waals surface area (Å²) in [6.07, 6.45) is 0. The monoisotopic (exact) mass is 320 g/mol. The van der Waals surface area contributed by atoms with E-state index in [2.05, 4.69) is 4.74 Å². The van der Waals surface area contributed by atoms with Crippen LogP contribution in [0.2, 0.25) is 5.02 Å². The van der Waals surface area contributed by atoms with Crippen molar-refractivity contribution in [3.8, 4) is 5.75 Å². The first kappa shape index (κ1) is 15.9. The van der Waals surface area contributed by atoms with Gasteiger partial charge in [-0.05, 0) is 35.9 Å². The van der Waals surface area contributed by atoms with E-state index < -0.39 is 11.9 Å². The fourth-order valence-electron chi connectivity index (χ4n) is 1.75. The topological polar surface area (TPSA) is 72.8 Å². The highest BCUT2D eigenvalue weighted by Gasteiger charge is 2.13. The molecular weight excluding hydrogens is 308 g/mol. The van der Waals surface area contributed by atoms with Gasteiger partial charge in [0.2, 0.25) is 0 Å². The first-order valence-electron chi connectivity index (χ1n) is 6.34. The number of rotatable bonds is 4. The largest absolute Gasteiger partial charge is 0.507 e. The fourth-order valence-corrected chi connectivity index (χ4v) is 1.93. The molecule has 114 valence electrons. The van der Waals surface area contributed by atoms with Gasteiger partial charge in [0.1, 0.15) is 17.9 Å². The Hall–Kier alpha value is -2.53. The minimum atomic E-state index is -0.683. The van der Waals surface area contributed by atoms with E-state index in [-0.39, 0.29) is 17.9 Å². The standard InChI is InChI=1S/C16H13ClO5/c1-21-15(19)11-4-2-10(3-5-11)9-22-16(20)13-8-12(17)6-7-14(13)18/h2-8,18H,9H2,1H3. The highest BCUT2D eigenvalue weighted by Crippen LogP contribution is 2.22. The lowest BCUT2D eigenvalue weighted by Crippen LogP contribution is -2.06. The zero-order chi connectivity index (χ0) is 16.1. The minimum Gasteiger partial charge on any atom is -0.507 e. The van der Waals surface area contributed by atoms with Crippen LogP contribution < -0.4 is 0 Å². The second kappa shape index (κ2) is 6.95. The summed E-state index contributed by atoms with van der Waals surface area (Å²) in [6, 6.07) is 10.6. The molecule has 0 saturated carbocycles. The maximum absolute atomic E-state index is 11.9. The molecular formula is C16H13ClO5. The molecule has 0 atom stereocenters. The molecule has 0 aromatic heterocycles. The number of hydrogen-bond acceptors (Lipinski definition) is 5. The summed E-state index contributed by atoms with van der Waals surface area (Å²) < 4.78 is 9.69. The number of carbonyl (C=O) groups excluding carboxylic acids is 2. The van der Waals surface area contributed by atoms with E-state index in [9.17, 15) is 14.7 Å². The summed E-state index contributed by atoms with van der Waals surface area (Å²) in [5, 5.41) is 9.94. The predicted octanol–water partition coefficient (Wildman–Crippen LogP) is 3.19. The van der Waals surface area contributed by atoms with E-state index in [0.717, 1.165) is 0 Å². The van der Waals surface area contributed by atoms with E-state index in [4.69, 9.17) is 16.3 Å². The maximum Gasteiger partial charge on any atom is 0.342 e. The zero-order valence-electron chi connectivity index (χ0n) is 11.7. The highest BCUT2D eigenvalue weighted by molar-refractivity contribution is 6.31. The van der Waals surface area contributed by atoms with Crippen molar-refractivity contribution in [2.24, 2.45) is 0 Å². The van der Waals surface area contributed by atoms with Gasteiger partial charge < -0.3 is 14.6 Å². The molecule has 0 aliphatic carbocycles. The quantitative estimate of drug-likeness (QED) is 0.876. The third-order valence-electron chi connectivity index (χ3n) is 2.92. The summed E-state index contributed by atoms with van der Waals surface area (Å²) in [6.45, 7) is 0.00619. The summed E-state index contributed by atoms with van der Waals surface area (Å²) in [4.78, 5) is 23.2. The molecule has 0 spiro atoms. The van der Waals surface area contributed by atoms with E-state index in [1.54, 1.807) is 24.3 Å². The summed E-state index contributed by atoms with van der Waals surface area (Å²) in [5.74, 6) is -1.32. The summed E-state index contributed by atoms with van der Waals surface area (Å²) >= 11 is 5.78. The Labute approximate surface area is 132 Å². The second-order valence-electron chi connectivity index (χ2n) is 4.43. The molecule has 0 aliphatic rings. The van der Waals surface area contributed by atoms with Crippen molar-refractivity contribution in [2.75, 3.05) is 7.11 Å². The second-order valence-corrected chi connectivity index (χ2v) is 4.86. The Morgan fingerprint density at radius 1 is 1.09 bits per heavy atom. The molecule has 0 radical (unpaired) electrons. The Balaban J connectivity index is 2.02. The van der Waals surface area contributed by atoms with Crippen LogP contribution in [0.1, 0.15) is 26.3 Å². The highest BCUT2D eigenvalue weighted by atomic mass is 35.5. The molecule has 2 aromatic carbocycles. The van der Waals surface area contributed by atoms with E-state index in [1.165, 1.54) is 25.3 Å². The van der Waals surface area contributed by atoms with E-state index >= 15 is 0 Å². The third kappa shape index (κ3) is 3.77. The molecule has 0 saturated heterocycles. The molecule has 6 heteroatoms. The maximum atomic E-state index is 11.9. The average molecular weight is 321 g/mol. The zero-order valence-corrected chi connectivity index (χ0v) is 12.5. The van der Waals surface area contributed by atoms with Crippen LogP contribution in [0.5, 0.6) is 5.75 Å². The number of methoxy groups -OCH3 is 1. The molecule has 0 heterocycles.